The third kappa shape index (κ3) is 3.02. The molecule has 1 amide bonds. The average molecular weight is 324 g/mol. The number of benzene rings is 1. The standard InChI is InChI=1S/C15H20N2O4S/c18-15(16-8-10-21-11-9-16)13-4-3-5-14(12-13)22(19,20)17-6-1-2-7-17/h3-5,12H,1-2,6-11H2. The van der Waals surface area contributed by atoms with Crippen molar-refractivity contribution in [1.29, 1.82) is 0 Å². The van der Waals surface area contributed by atoms with E-state index in [1.54, 1.807) is 23.1 Å². The molecule has 2 fully saturated rings. The highest BCUT2D eigenvalue weighted by atomic mass is 32.2. The summed E-state index contributed by atoms with van der Waals surface area (Å²) in [4.78, 5) is 14.4. The lowest BCUT2D eigenvalue weighted by Gasteiger charge is -2.27. The molecule has 0 unspecified atom stereocenters. The summed E-state index contributed by atoms with van der Waals surface area (Å²) in [7, 11) is -3.49. The first-order chi connectivity index (χ1) is 10.6. The van der Waals surface area contributed by atoms with Gasteiger partial charge in [0.1, 0.15) is 0 Å². The largest absolute Gasteiger partial charge is 0.378 e. The molecule has 2 aliphatic heterocycles. The van der Waals surface area contributed by atoms with Gasteiger partial charge < -0.3 is 9.64 Å². The van der Waals surface area contributed by atoms with E-state index in [1.165, 1.54) is 10.4 Å². The molecule has 22 heavy (non-hydrogen) atoms. The molecule has 7 heteroatoms. The smallest absolute Gasteiger partial charge is 0.254 e. The Morgan fingerprint density at radius 1 is 1.05 bits per heavy atom. The second-order valence-electron chi connectivity index (χ2n) is 5.54. The van der Waals surface area contributed by atoms with Crippen LogP contribution in [0.4, 0.5) is 0 Å². The first kappa shape index (κ1) is 15.5. The molecule has 0 spiro atoms. The van der Waals surface area contributed by atoms with Crippen LogP contribution < -0.4 is 0 Å². The van der Waals surface area contributed by atoms with Crippen molar-refractivity contribution >= 4 is 15.9 Å². The number of amides is 1. The molecule has 120 valence electrons. The van der Waals surface area contributed by atoms with E-state index in [0.717, 1.165) is 12.8 Å². The molecule has 2 aliphatic rings. The number of morpholine rings is 1. The summed E-state index contributed by atoms with van der Waals surface area (Å²) >= 11 is 0. The van der Waals surface area contributed by atoms with Gasteiger partial charge in [-0.1, -0.05) is 6.07 Å². The third-order valence-corrected chi connectivity index (χ3v) is 5.98. The molecular weight excluding hydrogens is 304 g/mol. The number of carbonyl (C=O) groups is 1. The van der Waals surface area contributed by atoms with Crippen molar-refractivity contribution in [3.8, 4) is 0 Å². The van der Waals surface area contributed by atoms with E-state index in [0.29, 0.717) is 45.0 Å². The van der Waals surface area contributed by atoms with Crippen molar-refractivity contribution in [3.05, 3.63) is 29.8 Å². The van der Waals surface area contributed by atoms with Crippen molar-refractivity contribution in [3.63, 3.8) is 0 Å². The maximum atomic E-state index is 12.6. The fourth-order valence-corrected chi connectivity index (χ4v) is 4.38. The van der Waals surface area contributed by atoms with Crippen LogP contribution in [0.2, 0.25) is 0 Å². The van der Waals surface area contributed by atoms with Crippen molar-refractivity contribution in [2.45, 2.75) is 17.7 Å². The van der Waals surface area contributed by atoms with Crippen LogP contribution in [0, 0.1) is 0 Å². The molecule has 0 bridgehead atoms. The van der Waals surface area contributed by atoms with E-state index in [1.807, 2.05) is 0 Å². The molecule has 3 rings (SSSR count). The van der Waals surface area contributed by atoms with Gasteiger partial charge in [0, 0.05) is 31.7 Å². The lowest BCUT2D eigenvalue weighted by molar-refractivity contribution is 0.0302. The quantitative estimate of drug-likeness (QED) is 0.830. The van der Waals surface area contributed by atoms with Gasteiger partial charge in [-0.15, -0.1) is 0 Å². The number of nitrogens with zero attached hydrogens (tertiary/aromatic N) is 2. The maximum Gasteiger partial charge on any atom is 0.254 e. The van der Waals surface area contributed by atoms with Crippen LogP contribution in [0.25, 0.3) is 0 Å². The Labute approximate surface area is 130 Å². The zero-order valence-electron chi connectivity index (χ0n) is 12.4. The van der Waals surface area contributed by atoms with E-state index in [4.69, 9.17) is 4.74 Å². The molecule has 2 heterocycles. The van der Waals surface area contributed by atoms with E-state index in [2.05, 4.69) is 0 Å². The predicted octanol–water partition coefficient (Wildman–Crippen LogP) is 0.944. The van der Waals surface area contributed by atoms with Gasteiger partial charge in [-0.05, 0) is 31.0 Å². The summed E-state index contributed by atoms with van der Waals surface area (Å²) in [5.74, 6) is -0.137. The zero-order chi connectivity index (χ0) is 15.6. The lowest BCUT2D eigenvalue weighted by Crippen LogP contribution is -2.40. The number of hydrogen-bond donors (Lipinski definition) is 0. The van der Waals surface area contributed by atoms with E-state index < -0.39 is 10.0 Å². The molecule has 0 atom stereocenters. The summed E-state index contributed by atoms with van der Waals surface area (Å²) in [5, 5.41) is 0. The second-order valence-corrected chi connectivity index (χ2v) is 7.48. The molecule has 2 saturated heterocycles. The molecule has 1 aromatic carbocycles. The van der Waals surface area contributed by atoms with E-state index in [9.17, 15) is 13.2 Å². The molecule has 0 aromatic heterocycles. The van der Waals surface area contributed by atoms with Crippen LogP contribution >= 0.6 is 0 Å². The van der Waals surface area contributed by atoms with Gasteiger partial charge in [-0.3, -0.25) is 4.79 Å². The van der Waals surface area contributed by atoms with Crippen LogP contribution in [0.5, 0.6) is 0 Å². The molecule has 0 radical (unpaired) electrons. The van der Waals surface area contributed by atoms with Crippen LogP contribution in [0.1, 0.15) is 23.2 Å². The van der Waals surface area contributed by atoms with Crippen LogP contribution in [0.3, 0.4) is 0 Å². The molecule has 6 nitrogen and oxygen atoms in total. The molecule has 0 aliphatic carbocycles. The molecule has 1 aromatic rings. The van der Waals surface area contributed by atoms with Gasteiger partial charge >= 0.3 is 0 Å². The van der Waals surface area contributed by atoms with Gasteiger partial charge in [0.2, 0.25) is 10.0 Å². The molecule has 0 N–H and O–H groups in total. The monoisotopic (exact) mass is 324 g/mol. The minimum atomic E-state index is -3.49. The molecule has 0 saturated carbocycles. The second kappa shape index (κ2) is 6.36. The number of ether oxygens (including phenoxy) is 1. The van der Waals surface area contributed by atoms with Crippen LogP contribution in [-0.4, -0.2) is 62.9 Å². The van der Waals surface area contributed by atoms with Crippen molar-refractivity contribution in [1.82, 2.24) is 9.21 Å². The summed E-state index contributed by atoms with van der Waals surface area (Å²) < 4.78 is 31.9. The average Bonchev–Trinajstić information content (AvgIpc) is 3.10. The zero-order valence-corrected chi connectivity index (χ0v) is 13.2. The predicted molar refractivity (Wildman–Crippen MR) is 81.2 cm³/mol. The first-order valence-corrected chi connectivity index (χ1v) is 9.00. The highest BCUT2D eigenvalue weighted by Gasteiger charge is 2.28. The summed E-state index contributed by atoms with van der Waals surface area (Å²) in [6, 6.07) is 6.35. The van der Waals surface area contributed by atoms with Gasteiger partial charge in [0.05, 0.1) is 18.1 Å². The van der Waals surface area contributed by atoms with Gasteiger partial charge in [0.15, 0.2) is 0 Å². The Balaban J connectivity index is 1.84. The van der Waals surface area contributed by atoms with Gasteiger partial charge in [-0.25, -0.2) is 8.42 Å². The van der Waals surface area contributed by atoms with E-state index >= 15 is 0 Å². The van der Waals surface area contributed by atoms with Gasteiger partial charge in [-0.2, -0.15) is 4.31 Å². The Hall–Kier alpha value is -1.44. The number of hydrogen-bond acceptors (Lipinski definition) is 4. The third-order valence-electron chi connectivity index (χ3n) is 4.08. The van der Waals surface area contributed by atoms with Crippen molar-refractivity contribution in [2.24, 2.45) is 0 Å². The number of sulfonamides is 1. The minimum Gasteiger partial charge on any atom is -0.378 e. The van der Waals surface area contributed by atoms with Crippen molar-refractivity contribution < 1.29 is 17.9 Å². The topological polar surface area (TPSA) is 66.9 Å². The highest BCUT2D eigenvalue weighted by Crippen LogP contribution is 2.22. The minimum absolute atomic E-state index is 0.137. The summed E-state index contributed by atoms with van der Waals surface area (Å²) in [5.41, 5.74) is 0.419. The van der Waals surface area contributed by atoms with Crippen LogP contribution in [0.15, 0.2) is 29.2 Å². The van der Waals surface area contributed by atoms with Gasteiger partial charge in [0.25, 0.3) is 5.91 Å². The molecular formula is C15H20N2O4S. The Morgan fingerprint density at radius 3 is 2.41 bits per heavy atom. The fraction of sp³-hybridized carbons (Fsp3) is 0.533. The highest BCUT2D eigenvalue weighted by molar-refractivity contribution is 7.89. The Bertz CT molecular complexity index is 647. The fourth-order valence-electron chi connectivity index (χ4n) is 2.82. The van der Waals surface area contributed by atoms with Crippen LogP contribution in [-0.2, 0) is 14.8 Å². The number of rotatable bonds is 3. The maximum absolute atomic E-state index is 12.6. The SMILES string of the molecule is O=C(c1cccc(S(=O)(=O)N2CCCC2)c1)N1CCOCC1. The first-order valence-electron chi connectivity index (χ1n) is 7.56. The number of carbonyl (C=O) groups excluding carboxylic acids is 1. The Morgan fingerprint density at radius 2 is 1.73 bits per heavy atom. The van der Waals surface area contributed by atoms with Crippen molar-refractivity contribution in [2.75, 3.05) is 39.4 Å². The normalized spacial score (nSPS) is 20.3. The summed E-state index contributed by atoms with van der Waals surface area (Å²) in [6.07, 6.45) is 1.79. The summed E-state index contributed by atoms with van der Waals surface area (Å²) in [6.45, 7) is 3.26. The Kier molecular flexibility index (Phi) is 4.46. The lowest BCUT2D eigenvalue weighted by atomic mass is 10.2. The van der Waals surface area contributed by atoms with E-state index in [-0.39, 0.29) is 10.8 Å².